The smallest absolute Gasteiger partial charge is 0.0975 e. The molecule has 100 valence electrons. The minimum Gasteiger partial charge on any atom is -0.242 e. The Labute approximate surface area is 109 Å². The maximum atomic E-state index is 12.4. The summed E-state index contributed by atoms with van der Waals surface area (Å²) in [4.78, 5) is 0. The van der Waals surface area contributed by atoms with Crippen molar-refractivity contribution in [3.05, 3.63) is 0 Å². The lowest BCUT2D eigenvalue weighted by Crippen LogP contribution is -2.59. The van der Waals surface area contributed by atoms with Gasteiger partial charge < -0.3 is 0 Å². The summed E-state index contributed by atoms with van der Waals surface area (Å²) in [6.45, 7) is 13.1. The molecule has 0 aromatic heterocycles. The number of rotatable bonds is 2. The fourth-order valence-corrected chi connectivity index (χ4v) is 4.79. The summed E-state index contributed by atoms with van der Waals surface area (Å²) in [5.41, 5.74) is 0.297. The molecule has 0 aliphatic heterocycles. The van der Waals surface area contributed by atoms with Gasteiger partial charge >= 0.3 is 0 Å². The van der Waals surface area contributed by atoms with Gasteiger partial charge in [0.1, 0.15) is 0 Å². The van der Waals surface area contributed by atoms with Gasteiger partial charge in [0, 0.05) is 5.54 Å². The van der Waals surface area contributed by atoms with Crippen molar-refractivity contribution in [3.8, 4) is 0 Å². The van der Waals surface area contributed by atoms with Crippen LogP contribution in [0.15, 0.2) is 0 Å². The molecule has 0 amide bonds. The van der Waals surface area contributed by atoms with Crippen LogP contribution in [0.25, 0.3) is 0 Å². The highest BCUT2D eigenvalue weighted by Crippen LogP contribution is 2.61. The third-order valence-corrected chi connectivity index (χ3v) is 7.19. The van der Waals surface area contributed by atoms with Crippen molar-refractivity contribution in [1.29, 1.82) is 0 Å². The first kappa shape index (κ1) is 13.5. The molecule has 0 spiro atoms. The zero-order valence-corrected chi connectivity index (χ0v) is 12.9. The normalized spacial score (nSPS) is 41.8. The van der Waals surface area contributed by atoms with Crippen molar-refractivity contribution in [1.82, 2.24) is 4.72 Å². The number of hydrogen-bond donors (Lipinski definition) is 1. The molecular weight excluding hydrogens is 230 g/mol. The Balaban J connectivity index is 2.22. The van der Waals surface area contributed by atoms with Crippen molar-refractivity contribution in [2.24, 2.45) is 17.3 Å². The SMILES string of the molecule is CC(C)(C)S(=O)NC1(C)[C@@H]2CC[C@@H](C2)C1(C)C. The van der Waals surface area contributed by atoms with Crippen LogP contribution in [-0.4, -0.2) is 14.5 Å². The molecule has 0 aromatic rings. The Bertz CT molecular complexity index is 345. The Kier molecular flexibility index (Phi) is 3.03. The van der Waals surface area contributed by atoms with Crippen molar-refractivity contribution in [2.75, 3.05) is 0 Å². The molecule has 2 rings (SSSR count). The van der Waals surface area contributed by atoms with E-state index in [9.17, 15) is 4.21 Å². The van der Waals surface area contributed by atoms with Crippen molar-refractivity contribution < 1.29 is 4.21 Å². The highest BCUT2D eigenvalue weighted by atomic mass is 32.2. The van der Waals surface area contributed by atoms with E-state index in [1.165, 1.54) is 19.3 Å². The number of fused-ring (bicyclic) bond motifs is 2. The zero-order chi connectivity index (χ0) is 13.1. The molecule has 2 saturated carbocycles. The second kappa shape index (κ2) is 3.80. The van der Waals surface area contributed by atoms with E-state index in [2.05, 4.69) is 25.5 Å². The first-order valence-electron chi connectivity index (χ1n) is 6.79. The van der Waals surface area contributed by atoms with E-state index in [1.807, 2.05) is 20.8 Å². The lowest BCUT2D eigenvalue weighted by atomic mass is 9.65. The summed E-state index contributed by atoms with van der Waals surface area (Å²) in [5, 5.41) is 0. The largest absolute Gasteiger partial charge is 0.242 e. The highest BCUT2D eigenvalue weighted by molar-refractivity contribution is 7.84. The van der Waals surface area contributed by atoms with Gasteiger partial charge in [-0.25, -0.2) is 8.93 Å². The Morgan fingerprint density at radius 3 is 2.06 bits per heavy atom. The molecule has 2 unspecified atom stereocenters. The lowest BCUT2D eigenvalue weighted by Gasteiger charge is -2.48. The van der Waals surface area contributed by atoms with Crippen molar-refractivity contribution in [3.63, 3.8) is 0 Å². The maximum Gasteiger partial charge on any atom is 0.0975 e. The van der Waals surface area contributed by atoms with Crippen LogP contribution in [0.3, 0.4) is 0 Å². The van der Waals surface area contributed by atoms with Gasteiger partial charge in [-0.15, -0.1) is 0 Å². The van der Waals surface area contributed by atoms with E-state index in [1.54, 1.807) is 0 Å². The number of hydrogen-bond acceptors (Lipinski definition) is 1. The van der Waals surface area contributed by atoms with E-state index >= 15 is 0 Å². The minimum atomic E-state index is -0.965. The molecule has 0 aromatic carbocycles. The Morgan fingerprint density at radius 1 is 1.12 bits per heavy atom. The molecular formula is C14H27NOS. The van der Waals surface area contributed by atoms with E-state index in [-0.39, 0.29) is 15.7 Å². The maximum absolute atomic E-state index is 12.4. The third-order valence-electron chi connectivity index (χ3n) is 5.47. The summed E-state index contributed by atoms with van der Waals surface area (Å²) >= 11 is 0. The van der Waals surface area contributed by atoms with E-state index in [4.69, 9.17) is 0 Å². The molecule has 2 nitrogen and oxygen atoms in total. The molecule has 2 fully saturated rings. The van der Waals surface area contributed by atoms with Gasteiger partial charge in [0.05, 0.1) is 15.7 Å². The highest BCUT2D eigenvalue weighted by Gasteiger charge is 2.61. The van der Waals surface area contributed by atoms with Gasteiger partial charge in [-0.1, -0.05) is 13.8 Å². The average molecular weight is 257 g/mol. The molecule has 0 saturated heterocycles. The lowest BCUT2D eigenvalue weighted by molar-refractivity contribution is 0.0875. The summed E-state index contributed by atoms with van der Waals surface area (Å²) in [6.07, 6.45) is 3.98. The molecule has 17 heavy (non-hydrogen) atoms. The molecule has 0 radical (unpaired) electrons. The van der Waals surface area contributed by atoms with Crippen LogP contribution in [-0.2, 0) is 11.0 Å². The second-order valence-electron chi connectivity index (χ2n) is 7.61. The van der Waals surface area contributed by atoms with Crippen LogP contribution in [0.1, 0.15) is 60.8 Å². The third kappa shape index (κ3) is 1.90. The topological polar surface area (TPSA) is 29.1 Å². The first-order valence-corrected chi connectivity index (χ1v) is 7.94. The minimum absolute atomic E-state index is 0.0358. The van der Waals surface area contributed by atoms with Gasteiger partial charge in [-0.2, -0.15) is 0 Å². The van der Waals surface area contributed by atoms with Crippen LogP contribution in [0.4, 0.5) is 0 Å². The monoisotopic (exact) mass is 257 g/mol. The summed E-state index contributed by atoms with van der Waals surface area (Å²) in [5.74, 6) is 1.51. The van der Waals surface area contributed by atoms with Crippen molar-refractivity contribution >= 4 is 11.0 Å². The molecule has 1 N–H and O–H groups in total. The molecule has 2 bridgehead atoms. The fourth-order valence-electron chi connectivity index (χ4n) is 3.67. The quantitative estimate of drug-likeness (QED) is 0.808. The predicted molar refractivity (Wildman–Crippen MR) is 74.0 cm³/mol. The van der Waals surface area contributed by atoms with Crippen LogP contribution in [0, 0.1) is 17.3 Å². The molecule has 2 aliphatic carbocycles. The Morgan fingerprint density at radius 2 is 1.65 bits per heavy atom. The van der Waals surface area contributed by atoms with Gasteiger partial charge in [-0.05, 0) is 64.2 Å². The summed E-state index contributed by atoms with van der Waals surface area (Å²) < 4.78 is 15.7. The first-order chi connectivity index (χ1) is 7.59. The molecule has 3 heteroatoms. The van der Waals surface area contributed by atoms with Gasteiger partial charge in [-0.3, -0.25) is 0 Å². The van der Waals surface area contributed by atoms with Crippen LogP contribution < -0.4 is 4.72 Å². The molecule has 0 heterocycles. The van der Waals surface area contributed by atoms with Crippen LogP contribution in [0.2, 0.25) is 0 Å². The zero-order valence-electron chi connectivity index (χ0n) is 12.1. The second-order valence-corrected chi connectivity index (χ2v) is 9.58. The predicted octanol–water partition coefficient (Wildman–Crippen LogP) is 3.25. The Hall–Kier alpha value is 0.110. The summed E-state index contributed by atoms with van der Waals surface area (Å²) in [6, 6.07) is 0. The van der Waals surface area contributed by atoms with Gasteiger partial charge in [0.25, 0.3) is 0 Å². The van der Waals surface area contributed by atoms with E-state index < -0.39 is 11.0 Å². The standard InChI is InChI=1S/C14H27NOS/c1-12(2,3)17(16)15-14(6)11-8-7-10(9-11)13(14,4)5/h10-11,15H,7-9H2,1-6H3/t10-,11+,14?,17?/m0/s1. The average Bonchev–Trinajstić information content (AvgIpc) is 2.69. The van der Waals surface area contributed by atoms with Gasteiger partial charge in [0.15, 0.2) is 0 Å². The summed E-state index contributed by atoms with van der Waals surface area (Å²) in [7, 11) is -0.965. The molecule has 2 aliphatic rings. The number of nitrogens with one attached hydrogen (secondary N) is 1. The van der Waals surface area contributed by atoms with Crippen LogP contribution in [0.5, 0.6) is 0 Å². The van der Waals surface area contributed by atoms with E-state index in [0.29, 0.717) is 5.92 Å². The van der Waals surface area contributed by atoms with Crippen molar-refractivity contribution in [2.45, 2.75) is 71.1 Å². The molecule has 4 atom stereocenters. The van der Waals surface area contributed by atoms with Gasteiger partial charge in [0.2, 0.25) is 0 Å². The fraction of sp³-hybridized carbons (Fsp3) is 1.00. The van der Waals surface area contributed by atoms with Crippen LogP contribution >= 0.6 is 0 Å². The van der Waals surface area contributed by atoms with E-state index in [0.717, 1.165) is 5.92 Å².